The molecule has 0 aliphatic rings. The van der Waals surface area contributed by atoms with E-state index in [9.17, 15) is 0 Å². The molecule has 20 heavy (non-hydrogen) atoms. The van der Waals surface area contributed by atoms with Crippen molar-refractivity contribution >= 4 is 16.5 Å². The molecule has 0 aliphatic carbocycles. The summed E-state index contributed by atoms with van der Waals surface area (Å²) >= 11 is 0. The van der Waals surface area contributed by atoms with Crippen LogP contribution in [0, 0.1) is 12.8 Å². The van der Waals surface area contributed by atoms with Crippen molar-refractivity contribution in [3.63, 3.8) is 0 Å². The minimum Gasteiger partial charge on any atom is -0.233 e. The van der Waals surface area contributed by atoms with Gasteiger partial charge in [-0.25, -0.2) is 9.97 Å². The lowest BCUT2D eigenvalue weighted by atomic mass is 10.1. The second-order valence-electron chi connectivity index (χ2n) is 5.28. The Labute approximate surface area is 121 Å². The van der Waals surface area contributed by atoms with Gasteiger partial charge in [0.2, 0.25) is 0 Å². The molecule has 1 heterocycles. The molecule has 1 aromatic heterocycles. The van der Waals surface area contributed by atoms with E-state index in [0.717, 1.165) is 34.4 Å². The first-order chi connectivity index (χ1) is 9.61. The average molecular weight is 266 g/mol. The van der Waals surface area contributed by atoms with Crippen LogP contribution in [-0.4, -0.2) is 9.97 Å². The molecular formula is C18H22N2. The number of fused-ring (bicyclic) bond motifs is 1. The maximum Gasteiger partial charge on any atom is 0.155 e. The summed E-state index contributed by atoms with van der Waals surface area (Å²) in [6, 6.07) is 8.16. The normalized spacial score (nSPS) is 14.1. The number of para-hydroxylation sites is 1. The number of aryl methyl sites for hydroxylation is 1. The van der Waals surface area contributed by atoms with Gasteiger partial charge in [-0.1, -0.05) is 43.4 Å². The second-order valence-corrected chi connectivity index (χ2v) is 5.28. The van der Waals surface area contributed by atoms with Crippen molar-refractivity contribution in [1.82, 2.24) is 9.97 Å². The van der Waals surface area contributed by atoms with Gasteiger partial charge in [0.1, 0.15) is 0 Å². The molecule has 104 valence electrons. The maximum absolute atomic E-state index is 4.66. The topological polar surface area (TPSA) is 25.8 Å². The minimum absolute atomic E-state index is 0.552. The summed E-state index contributed by atoms with van der Waals surface area (Å²) < 4.78 is 0. The molecule has 0 N–H and O–H groups in total. The van der Waals surface area contributed by atoms with Gasteiger partial charge in [-0.3, -0.25) is 0 Å². The number of rotatable bonds is 4. The van der Waals surface area contributed by atoms with Crippen molar-refractivity contribution in [3.8, 4) is 0 Å². The number of hydrogen-bond acceptors (Lipinski definition) is 2. The molecule has 0 aliphatic heterocycles. The summed E-state index contributed by atoms with van der Waals surface area (Å²) in [5.74, 6) is 1.39. The number of aromatic nitrogens is 2. The molecule has 0 radical (unpaired) electrons. The first-order valence-corrected chi connectivity index (χ1v) is 7.15. The molecule has 1 atom stereocenters. The highest BCUT2D eigenvalue weighted by molar-refractivity contribution is 5.81. The van der Waals surface area contributed by atoms with Gasteiger partial charge in [-0.05, 0) is 44.7 Å². The molecule has 2 aromatic rings. The quantitative estimate of drug-likeness (QED) is 0.732. The Morgan fingerprint density at radius 2 is 2.00 bits per heavy atom. The number of nitrogens with zero attached hydrogens (tertiary/aromatic N) is 2. The molecule has 1 unspecified atom stereocenters. The van der Waals surface area contributed by atoms with Crippen LogP contribution in [0.1, 0.15) is 38.7 Å². The lowest BCUT2D eigenvalue weighted by molar-refractivity contribution is 0.743. The fourth-order valence-electron chi connectivity index (χ4n) is 2.27. The summed E-state index contributed by atoms with van der Waals surface area (Å²) in [6.45, 7) is 8.41. The molecule has 1 aromatic carbocycles. The minimum atomic E-state index is 0.552. The Morgan fingerprint density at radius 3 is 2.75 bits per heavy atom. The summed E-state index contributed by atoms with van der Waals surface area (Å²) in [5, 5.41) is 1.13. The van der Waals surface area contributed by atoms with Crippen LogP contribution in [0.15, 0.2) is 42.5 Å². The highest BCUT2D eigenvalue weighted by Gasteiger charge is 2.05. The second kappa shape index (κ2) is 6.47. The molecular weight excluding hydrogens is 244 g/mol. The first-order valence-electron chi connectivity index (χ1n) is 7.15. The van der Waals surface area contributed by atoms with Crippen LogP contribution in [0.2, 0.25) is 0 Å². The highest BCUT2D eigenvalue weighted by atomic mass is 14.9. The van der Waals surface area contributed by atoms with Gasteiger partial charge >= 0.3 is 0 Å². The fourth-order valence-corrected chi connectivity index (χ4v) is 2.27. The Balaban J connectivity index is 2.30. The highest BCUT2D eigenvalue weighted by Crippen LogP contribution is 2.19. The van der Waals surface area contributed by atoms with Crippen molar-refractivity contribution in [2.75, 3.05) is 0 Å². The largest absolute Gasteiger partial charge is 0.233 e. The molecule has 0 bridgehead atoms. The van der Waals surface area contributed by atoms with Gasteiger partial charge in [-0.15, -0.1) is 0 Å². The molecule has 2 rings (SSSR count). The van der Waals surface area contributed by atoms with E-state index in [1.807, 2.05) is 25.1 Å². The predicted octanol–water partition coefficient (Wildman–Crippen LogP) is 4.94. The monoisotopic (exact) mass is 266 g/mol. The third kappa shape index (κ3) is 3.32. The van der Waals surface area contributed by atoms with Crippen molar-refractivity contribution < 1.29 is 0 Å². The summed E-state index contributed by atoms with van der Waals surface area (Å²) in [7, 11) is 0. The predicted molar refractivity (Wildman–Crippen MR) is 86.5 cm³/mol. The molecule has 2 heteroatoms. The van der Waals surface area contributed by atoms with Gasteiger partial charge in [0, 0.05) is 11.1 Å². The van der Waals surface area contributed by atoms with E-state index in [1.54, 1.807) is 0 Å². The van der Waals surface area contributed by atoms with Crippen molar-refractivity contribution in [3.05, 3.63) is 54.0 Å². The van der Waals surface area contributed by atoms with Crippen LogP contribution in [0.25, 0.3) is 16.5 Å². The maximum atomic E-state index is 4.66. The van der Waals surface area contributed by atoms with Crippen molar-refractivity contribution in [2.24, 2.45) is 5.92 Å². The molecule has 0 saturated heterocycles. The van der Waals surface area contributed by atoms with E-state index >= 15 is 0 Å². The molecule has 0 spiro atoms. The van der Waals surface area contributed by atoms with E-state index in [-0.39, 0.29) is 0 Å². The zero-order valence-corrected chi connectivity index (χ0v) is 12.7. The SMILES string of the molecule is C/C=C\C(C)C/C=C(\C)c1nc(C)c2ccccc2n1. The Kier molecular flexibility index (Phi) is 4.67. The van der Waals surface area contributed by atoms with Gasteiger partial charge in [0.15, 0.2) is 5.82 Å². The molecule has 0 amide bonds. The average Bonchev–Trinajstić information content (AvgIpc) is 2.45. The van der Waals surface area contributed by atoms with E-state index in [4.69, 9.17) is 0 Å². The van der Waals surface area contributed by atoms with E-state index in [0.29, 0.717) is 5.92 Å². The van der Waals surface area contributed by atoms with Gasteiger partial charge in [0.05, 0.1) is 5.52 Å². The van der Waals surface area contributed by atoms with Gasteiger partial charge < -0.3 is 0 Å². The van der Waals surface area contributed by atoms with Crippen LogP contribution in [0.3, 0.4) is 0 Å². The lowest BCUT2D eigenvalue weighted by Gasteiger charge is -2.07. The summed E-state index contributed by atoms with van der Waals surface area (Å²) in [4.78, 5) is 9.29. The first kappa shape index (κ1) is 14.4. The zero-order chi connectivity index (χ0) is 14.5. The Hall–Kier alpha value is -1.96. The number of benzene rings is 1. The van der Waals surface area contributed by atoms with E-state index < -0.39 is 0 Å². The van der Waals surface area contributed by atoms with Crippen LogP contribution in [0.5, 0.6) is 0 Å². The van der Waals surface area contributed by atoms with E-state index in [2.05, 4.69) is 55.0 Å². The van der Waals surface area contributed by atoms with Crippen LogP contribution < -0.4 is 0 Å². The van der Waals surface area contributed by atoms with Crippen LogP contribution in [0.4, 0.5) is 0 Å². The zero-order valence-electron chi connectivity index (χ0n) is 12.7. The fraction of sp³-hybridized carbons (Fsp3) is 0.333. The molecule has 2 nitrogen and oxygen atoms in total. The van der Waals surface area contributed by atoms with Crippen LogP contribution in [-0.2, 0) is 0 Å². The third-order valence-electron chi connectivity index (χ3n) is 3.46. The van der Waals surface area contributed by atoms with Crippen molar-refractivity contribution in [2.45, 2.75) is 34.1 Å². The standard InChI is InChI=1S/C18H22N2/c1-5-8-13(2)11-12-14(3)18-19-15(4)16-9-6-7-10-17(16)20-18/h5-10,12-13H,11H2,1-4H3/b8-5-,14-12+. The molecule has 0 saturated carbocycles. The van der Waals surface area contributed by atoms with Crippen molar-refractivity contribution in [1.29, 1.82) is 0 Å². The Morgan fingerprint density at radius 1 is 1.25 bits per heavy atom. The van der Waals surface area contributed by atoms with Gasteiger partial charge in [-0.2, -0.15) is 0 Å². The van der Waals surface area contributed by atoms with Gasteiger partial charge in [0.25, 0.3) is 0 Å². The van der Waals surface area contributed by atoms with E-state index in [1.165, 1.54) is 0 Å². The van der Waals surface area contributed by atoms with Crippen LogP contribution >= 0.6 is 0 Å². The Bertz CT molecular complexity index is 654. The lowest BCUT2D eigenvalue weighted by Crippen LogP contribution is -1.97. The summed E-state index contributed by atoms with van der Waals surface area (Å²) in [6.07, 6.45) is 7.57. The smallest absolute Gasteiger partial charge is 0.155 e. The number of allylic oxidation sites excluding steroid dienone is 4. The summed E-state index contributed by atoms with van der Waals surface area (Å²) in [5.41, 5.74) is 3.21. The molecule has 0 fully saturated rings. The third-order valence-corrected chi connectivity index (χ3v) is 3.46. The number of hydrogen-bond donors (Lipinski definition) is 0.